The van der Waals surface area contributed by atoms with Crippen molar-refractivity contribution in [3.05, 3.63) is 0 Å². The number of nitrogens with zero attached hydrogens (tertiary/aromatic N) is 1. The molecule has 1 rings (SSSR count). The Hall–Kier alpha value is -0.0300. The molecule has 0 bridgehead atoms. The number of piperidine rings is 1. The number of carbonyl (C=O) groups is 1. The Morgan fingerprint density at radius 3 is 2.41 bits per heavy atom. The fourth-order valence-electron chi connectivity index (χ4n) is 1.78. The Labute approximate surface area is 117 Å². The van der Waals surface area contributed by atoms with E-state index in [1.54, 1.807) is 6.92 Å². The van der Waals surface area contributed by atoms with Gasteiger partial charge in [0.25, 0.3) is 0 Å². The van der Waals surface area contributed by atoms with Gasteiger partial charge in [0.05, 0.1) is 6.04 Å². The molecule has 0 unspecified atom stereocenters. The van der Waals surface area contributed by atoms with Crippen molar-refractivity contribution >= 4 is 30.7 Å². The van der Waals surface area contributed by atoms with E-state index in [-0.39, 0.29) is 30.7 Å². The lowest BCUT2D eigenvalue weighted by Crippen LogP contribution is -2.43. The van der Waals surface area contributed by atoms with E-state index >= 15 is 0 Å². The highest BCUT2D eigenvalue weighted by atomic mass is 35.5. The van der Waals surface area contributed by atoms with Gasteiger partial charge in [0.2, 0.25) is 5.91 Å². The van der Waals surface area contributed by atoms with Crippen molar-refractivity contribution in [3.8, 4) is 0 Å². The van der Waals surface area contributed by atoms with Crippen LogP contribution in [-0.2, 0) is 4.79 Å². The topological polar surface area (TPSA) is 58.4 Å². The Balaban J connectivity index is 0. The van der Waals surface area contributed by atoms with Gasteiger partial charge >= 0.3 is 0 Å². The largest absolute Gasteiger partial charge is 0.353 e. The van der Waals surface area contributed by atoms with Gasteiger partial charge in [-0.1, -0.05) is 6.92 Å². The minimum atomic E-state index is -0.397. The van der Waals surface area contributed by atoms with Gasteiger partial charge in [0.15, 0.2) is 0 Å². The van der Waals surface area contributed by atoms with Crippen molar-refractivity contribution in [2.45, 2.75) is 32.7 Å². The first kappa shape index (κ1) is 19.3. The monoisotopic (exact) mass is 285 g/mol. The quantitative estimate of drug-likeness (QED) is 0.811. The highest BCUT2D eigenvalue weighted by molar-refractivity contribution is 5.85. The summed E-state index contributed by atoms with van der Waals surface area (Å²) in [4.78, 5) is 13.6. The Morgan fingerprint density at radius 2 is 1.94 bits per heavy atom. The number of carbonyl (C=O) groups excluding carboxylic acids is 1. The molecule has 0 aliphatic carbocycles. The van der Waals surface area contributed by atoms with Crippen LogP contribution in [0, 0.1) is 5.92 Å². The summed E-state index contributed by atoms with van der Waals surface area (Å²) >= 11 is 0. The Bertz CT molecular complexity index is 207. The summed E-state index contributed by atoms with van der Waals surface area (Å²) in [6.45, 7) is 8.00. The maximum atomic E-state index is 11.2. The minimum absolute atomic E-state index is 0. The van der Waals surface area contributed by atoms with Gasteiger partial charge in [-0.05, 0) is 38.8 Å². The van der Waals surface area contributed by atoms with Crippen LogP contribution in [-0.4, -0.2) is 43.0 Å². The third-order valence-corrected chi connectivity index (χ3v) is 3.02. The lowest BCUT2D eigenvalue weighted by molar-refractivity contribution is -0.122. The van der Waals surface area contributed by atoms with Crippen LogP contribution in [0.4, 0.5) is 0 Å². The molecule has 1 saturated heterocycles. The number of rotatable bonds is 4. The highest BCUT2D eigenvalue weighted by Gasteiger charge is 2.15. The van der Waals surface area contributed by atoms with Crippen LogP contribution in [0.2, 0.25) is 0 Å². The van der Waals surface area contributed by atoms with E-state index in [2.05, 4.69) is 17.1 Å². The van der Waals surface area contributed by atoms with Crippen LogP contribution in [0.25, 0.3) is 0 Å². The van der Waals surface area contributed by atoms with Crippen molar-refractivity contribution in [1.82, 2.24) is 10.2 Å². The maximum absolute atomic E-state index is 11.2. The Morgan fingerprint density at radius 1 is 1.41 bits per heavy atom. The van der Waals surface area contributed by atoms with Crippen molar-refractivity contribution < 1.29 is 4.79 Å². The molecule has 17 heavy (non-hydrogen) atoms. The average molecular weight is 286 g/mol. The number of nitrogens with two attached hydrogens (primary N) is 1. The highest BCUT2D eigenvalue weighted by Crippen LogP contribution is 2.14. The molecule has 0 saturated carbocycles. The van der Waals surface area contributed by atoms with Crippen LogP contribution >= 0.6 is 24.8 Å². The van der Waals surface area contributed by atoms with Gasteiger partial charge in [-0.3, -0.25) is 4.79 Å². The minimum Gasteiger partial charge on any atom is -0.353 e. The standard InChI is InChI=1S/C11H23N3O.2ClH/c1-9-3-6-14(7-4-9)8-5-13-11(15)10(2)12;;/h9-10H,3-8,12H2,1-2H3,(H,13,15);2*1H/t10-;;/m0../s1. The van der Waals surface area contributed by atoms with E-state index in [9.17, 15) is 4.79 Å². The van der Waals surface area contributed by atoms with Gasteiger partial charge in [-0.15, -0.1) is 24.8 Å². The number of hydrogen-bond donors (Lipinski definition) is 2. The normalized spacial score (nSPS) is 18.8. The fourth-order valence-corrected chi connectivity index (χ4v) is 1.78. The van der Waals surface area contributed by atoms with Gasteiger partial charge < -0.3 is 16.0 Å². The molecule has 1 amide bonds. The van der Waals surface area contributed by atoms with E-state index in [4.69, 9.17) is 5.73 Å². The molecular formula is C11H25Cl2N3O. The van der Waals surface area contributed by atoms with E-state index < -0.39 is 6.04 Å². The zero-order valence-electron chi connectivity index (χ0n) is 10.6. The molecule has 6 heteroatoms. The summed E-state index contributed by atoms with van der Waals surface area (Å²) in [5, 5.41) is 2.84. The van der Waals surface area contributed by atoms with E-state index in [0.717, 1.165) is 32.1 Å². The predicted octanol–water partition coefficient (Wildman–Crippen LogP) is 1.03. The zero-order chi connectivity index (χ0) is 11.3. The number of halogens is 2. The lowest BCUT2D eigenvalue weighted by atomic mass is 9.99. The molecule has 3 N–H and O–H groups in total. The predicted molar refractivity (Wildman–Crippen MR) is 76.0 cm³/mol. The van der Waals surface area contributed by atoms with Gasteiger partial charge in [0, 0.05) is 13.1 Å². The first-order valence-electron chi connectivity index (χ1n) is 5.85. The van der Waals surface area contributed by atoms with Crippen LogP contribution in [0.1, 0.15) is 26.7 Å². The second kappa shape index (κ2) is 9.95. The summed E-state index contributed by atoms with van der Waals surface area (Å²) in [5.74, 6) is 0.806. The van der Waals surface area contributed by atoms with Crippen LogP contribution in [0.5, 0.6) is 0 Å². The van der Waals surface area contributed by atoms with Crippen LogP contribution in [0.15, 0.2) is 0 Å². The molecule has 1 aliphatic heterocycles. The molecule has 1 heterocycles. The second-order valence-electron chi connectivity index (χ2n) is 4.60. The smallest absolute Gasteiger partial charge is 0.236 e. The number of hydrogen-bond acceptors (Lipinski definition) is 3. The van der Waals surface area contributed by atoms with Gasteiger partial charge in [-0.25, -0.2) is 0 Å². The third kappa shape index (κ3) is 7.82. The maximum Gasteiger partial charge on any atom is 0.236 e. The molecule has 0 radical (unpaired) electrons. The molecule has 104 valence electrons. The van der Waals surface area contributed by atoms with Crippen molar-refractivity contribution in [2.24, 2.45) is 11.7 Å². The van der Waals surface area contributed by atoms with Crippen molar-refractivity contribution in [3.63, 3.8) is 0 Å². The fraction of sp³-hybridized carbons (Fsp3) is 0.909. The molecule has 4 nitrogen and oxygen atoms in total. The summed E-state index contributed by atoms with van der Waals surface area (Å²) in [5.41, 5.74) is 5.45. The van der Waals surface area contributed by atoms with Gasteiger partial charge in [-0.2, -0.15) is 0 Å². The van der Waals surface area contributed by atoms with E-state index in [0.29, 0.717) is 0 Å². The summed E-state index contributed by atoms with van der Waals surface area (Å²) in [7, 11) is 0. The van der Waals surface area contributed by atoms with E-state index in [1.165, 1.54) is 12.8 Å². The summed E-state index contributed by atoms with van der Waals surface area (Å²) in [6.07, 6.45) is 2.56. The molecule has 1 aliphatic rings. The molecular weight excluding hydrogens is 261 g/mol. The molecule has 0 aromatic heterocycles. The van der Waals surface area contributed by atoms with Crippen LogP contribution < -0.4 is 11.1 Å². The molecule has 1 fully saturated rings. The number of nitrogens with one attached hydrogen (secondary N) is 1. The molecule has 0 aromatic carbocycles. The average Bonchev–Trinajstić information content (AvgIpc) is 2.20. The Kier molecular flexibility index (Phi) is 11.3. The first-order valence-corrected chi connectivity index (χ1v) is 5.85. The number of amides is 1. The lowest BCUT2D eigenvalue weighted by Gasteiger charge is -2.30. The van der Waals surface area contributed by atoms with Crippen LogP contribution in [0.3, 0.4) is 0 Å². The number of likely N-dealkylation sites (tertiary alicyclic amines) is 1. The molecule has 0 aromatic rings. The summed E-state index contributed by atoms with van der Waals surface area (Å²) < 4.78 is 0. The molecule has 1 atom stereocenters. The van der Waals surface area contributed by atoms with E-state index in [1.807, 2.05) is 0 Å². The molecule has 0 spiro atoms. The SMILES string of the molecule is CC1CCN(CCNC(=O)[C@H](C)N)CC1.Cl.Cl. The third-order valence-electron chi connectivity index (χ3n) is 3.02. The summed E-state index contributed by atoms with van der Waals surface area (Å²) in [6, 6.07) is -0.397. The van der Waals surface area contributed by atoms with Crippen molar-refractivity contribution in [2.75, 3.05) is 26.2 Å². The second-order valence-corrected chi connectivity index (χ2v) is 4.60. The zero-order valence-corrected chi connectivity index (χ0v) is 12.3. The first-order chi connectivity index (χ1) is 7.09. The van der Waals surface area contributed by atoms with Gasteiger partial charge in [0.1, 0.15) is 0 Å². The van der Waals surface area contributed by atoms with Crippen molar-refractivity contribution in [1.29, 1.82) is 0 Å².